The lowest BCUT2D eigenvalue weighted by Crippen LogP contribution is -2.36. The molecule has 21 heavy (non-hydrogen) atoms. The number of aromatic nitrogens is 2. The fraction of sp³-hybridized carbons (Fsp3) is 0.400. The number of hydrogen-bond acceptors (Lipinski definition) is 3. The molecule has 2 aromatic rings. The van der Waals surface area contributed by atoms with Gasteiger partial charge in [0.1, 0.15) is 5.82 Å². The van der Waals surface area contributed by atoms with E-state index in [0.717, 1.165) is 24.2 Å². The molecule has 0 fully saturated rings. The van der Waals surface area contributed by atoms with Gasteiger partial charge in [-0.05, 0) is 24.1 Å². The van der Waals surface area contributed by atoms with Crippen molar-refractivity contribution in [3.63, 3.8) is 0 Å². The van der Waals surface area contributed by atoms with Crippen molar-refractivity contribution in [2.75, 3.05) is 6.61 Å². The minimum atomic E-state index is -0.408. The molecule has 1 aromatic carbocycles. The summed E-state index contributed by atoms with van der Waals surface area (Å²) in [6.45, 7) is 2.19. The van der Waals surface area contributed by atoms with Crippen LogP contribution in [0.4, 0.5) is 4.39 Å². The maximum absolute atomic E-state index is 13.6. The van der Waals surface area contributed by atoms with E-state index in [1.807, 2.05) is 18.6 Å². The lowest BCUT2D eigenvalue weighted by molar-refractivity contribution is 0.107. The molecule has 6 heteroatoms. The van der Waals surface area contributed by atoms with Crippen LogP contribution in [0.3, 0.4) is 0 Å². The molecule has 4 nitrogen and oxygen atoms in total. The van der Waals surface area contributed by atoms with Crippen LogP contribution >= 0.6 is 11.6 Å². The number of fused-ring (bicyclic) bond motifs is 1. The van der Waals surface area contributed by atoms with E-state index in [0.29, 0.717) is 13.1 Å². The van der Waals surface area contributed by atoms with E-state index in [2.05, 4.69) is 14.5 Å². The van der Waals surface area contributed by atoms with Crippen molar-refractivity contribution in [2.24, 2.45) is 0 Å². The highest BCUT2D eigenvalue weighted by Crippen LogP contribution is 2.22. The van der Waals surface area contributed by atoms with Gasteiger partial charge in [0.15, 0.2) is 0 Å². The Kier molecular flexibility index (Phi) is 4.24. The van der Waals surface area contributed by atoms with Crippen molar-refractivity contribution in [2.45, 2.75) is 32.1 Å². The monoisotopic (exact) mass is 309 g/mol. The van der Waals surface area contributed by atoms with Crippen molar-refractivity contribution < 1.29 is 9.50 Å². The minimum Gasteiger partial charge on any atom is -0.395 e. The number of hydrogen-bond donors (Lipinski definition) is 1. The zero-order chi connectivity index (χ0) is 14.8. The molecule has 0 radical (unpaired) electrons. The number of nitrogens with zero attached hydrogens (tertiary/aromatic N) is 3. The Labute approximate surface area is 127 Å². The summed E-state index contributed by atoms with van der Waals surface area (Å²) in [7, 11) is 0. The molecule has 1 aliphatic rings. The first-order valence-corrected chi connectivity index (χ1v) is 7.33. The predicted molar refractivity (Wildman–Crippen MR) is 78.4 cm³/mol. The SMILES string of the molecule is OC[C@@H]1CCn2cncc2CN1Cc1ccc(Cl)c(F)c1. The number of aryl methyl sites for hydroxylation is 1. The Hall–Kier alpha value is -1.43. The van der Waals surface area contributed by atoms with E-state index in [1.165, 1.54) is 6.07 Å². The Bertz CT molecular complexity index is 631. The summed E-state index contributed by atoms with van der Waals surface area (Å²) in [5.74, 6) is -0.408. The van der Waals surface area contributed by atoms with Gasteiger partial charge in [0.25, 0.3) is 0 Å². The molecular weight excluding hydrogens is 293 g/mol. The van der Waals surface area contributed by atoms with Crippen LogP contribution in [-0.4, -0.2) is 32.2 Å². The molecule has 0 spiro atoms. The van der Waals surface area contributed by atoms with Gasteiger partial charge in [-0.25, -0.2) is 9.37 Å². The first kappa shape index (κ1) is 14.5. The second kappa shape index (κ2) is 6.13. The zero-order valence-electron chi connectivity index (χ0n) is 11.5. The molecule has 0 aliphatic carbocycles. The first-order valence-electron chi connectivity index (χ1n) is 6.95. The lowest BCUT2D eigenvalue weighted by Gasteiger charge is -2.28. The molecule has 2 heterocycles. The number of rotatable bonds is 3. The van der Waals surface area contributed by atoms with E-state index in [-0.39, 0.29) is 17.7 Å². The summed E-state index contributed by atoms with van der Waals surface area (Å²) < 4.78 is 15.7. The largest absolute Gasteiger partial charge is 0.395 e. The van der Waals surface area contributed by atoms with Gasteiger partial charge in [0, 0.05) is 31.9 Å². The summed E-state index contributed by atoms with van der Waals surface area (Å²) in [5.41, 5.74) is 1.96. The first-order chi connectivity index (χ1) is 10.2. The molecule has 0 saturated carbocycles. The van der Waals surface area contributed by atoms with Crippen LogP contribution in [0, 0.1) is 5.82 Å². The third kappa shape index (κ3) is 3.10. The average Bonchev–Trinajstić information content (AvgIpc) is 2.84. The molecule has 1 aliphatic heterocycles. The Morgan fingerprint density at radius 2 is 2.29 bits per heavy atom. The van der Waals surface area contributed by atoms with Gasteiger partial charge in [-0.1, -0.05) is 17.7 Å². The second-order valence-electron chi connectivity index (χ2n) is 5.36. The van der Waals surface area contributed by atoms with Gasteiger partial charge in [0.2, 0.25) is 0 Å². The topological polar surface area (TPSA) is 41.3 Å². The van der Waals surface area contributed by atoms with Crippen LogP contribution < -0.4 is 0 Å². The fourth-order valence-electron chi connectivity index (χ4n) is 2.75. The normalized spacial score (nSPS) is 19.3. The zero-order valence-corrected chi connectivity index (χ0v) is 12.3. The molecule has 1 N–H and O–H groups in total. The van der Waals surface area contributed by atoms with E-state index < -0.39 is 5.82 Å². The second-order valence-corrected chi connectivity index (χ2v) is 5.76. The maximum Gasteiger partial charge on any atom is 0.142 e. The number of aliphatic hydroxyl groups is 1. The average molecular weight is 310 g/mol. The van der Waals surface area contributed by atoms with Gasteiger partial charge in [-0.2, -0.15) is 0 Å². The van der Waals surface area contributed by atoms with E-state index >= 15 is 0 Å². The van der Waals surface area contributed by atoms with E-state index in [1.54, 1.807) is 6.07 Å². The molecule has 0 bridgehead atoms. The number of benzene rings is 1. The summed E-state index contributed by atoms with van der Waals surface area (Å²) in [4.78, 5) is 6.32. The summed E-state index contributed by atoms with van der Waals surface area (Å²) >= 11 is 5.72. The molecule has 0 amide bonds. The smallest absolute Gasteiger partial charge is 0.142 e. The molecular formula is C15H17ClFN3O. The lowest BCUT2D eigenvalue weighted by atomic mass is 10.1. The van der Waals surface area contributed by atoms with Crippen molar-refractivity contribution in [1.29, 1.82) is 0 Å². The highest BCUT2D eigenvalue weighted by atomic mass is 35.5. The van der Waals surface area contributed by atoms with Crippen LogP contribution in [0.25, 0.3) is 0 Å². The molecule has 112 valence electrons. The van der Waals surface area contributed by atoms with Crippen LogP contribution in [0.5, 0.6) is 0 Å². The number of imidazole rings is 1. The molecule has 0 saturated heterocycles. The van der Waals surface area contributed by atoms with Crippen LogP contribution in [-0.2, 0) is 19.6 Å². The van der Waals surface area contributed by atoms with Crippen molar-refractivity contribution in [3.8, 4) is 0 Å². The highest BCUT2D eigenvalue weighted by Gasteiger charge is 2.23. The van der Waals surface area contributed by atoms with Crippen molar-refractivity contribution in [1.82, 2.24) is 14.5 Å². The molecule has 1 aromatic heterocycles. The van der Waals surface area contributed by atoms with Crippen LogP contribution in [0.1, 0.15) is 17.7 Å². The molecule has 0 unspecified atom stereocenters. The van der Waals surface area contributed by atoms with Crippen LogP contribution in [0.2, 0.25) is 5.02 Å². The minimum absolute atomic E-state index is 0.0589. The quantitative estimate of drug-likeness (QED) is 0.947. The summed E-state index contributed by atoms with van der Waals surface area (Å²) in [6, 6.07) is 4.91. The van der Waals surface area contributed by atoms with E-state index in [4.69, 9.17) is 11.6 Å². The fourth-order valence-corrected chi connectivity index (χ4v) is 2.87. The van der Waals surface area contributed by atoms with Crippen molar-refractivity contribution in [3.05, 3.63) is 52.8 Å². The highest BCUT2D eigenvalue weighted by molar-refractivity contribution is 6.30. The van der Waals surface area contributed by atoms with Gasteiger partial charge >= 0.3 is 0 Å². The predicted octanol–water partition coefficient (Wildman–Crippen LogP) is 2.44. The standard InChI is InChI=1S/C15H17ClFN3O/c16-14-2-1-11(5-15(14)17)7-20-8-13-6-18-10-19(13)4-3-12(20)9-21/h1-2,5-6,10,12,21H,3-4,7-9H2/t12-/m0/s1. The van der Waals surface area contributed by atoms with Crippen LogP contribution in [0.15, 0.2) is 30.7 Å². The summed E-state index contributed by atoms with van der Waals surface area (Å²) in [5, 5.41) is 9.75. The van der Waals surface area contributed by atoms with Gasteiger partial charge in [-0.15, -0.1) is 0 Å². The maximum atomic E-state index is 13.6. The molecule has 1 atom stereocenters. The summed E-state index contributed by atoms with van der Waals surface area (Å²) in [6.07, 6.45) is 4.50. The van der Waals surface area contributed by atoms with Gasteiger partial charge < -0.3 is 9.67 Å². The Morgan fingerprint density at radius 1 is 1.43 bits per heavy atom. The Balaban J connectivity index is 1.82. The van der Waals surface area contributed by atoms with Gasteiger partial charge in [-0.3, -0.25) is 4.90 Å². The van der Waals surface area contributed by atoms with Crippen molar-refractivity contribution >= 4 is 11.6 Å². The molecule has 3 rings (SSSR count). The third-order valence-electron chi connectivity index (χ3n) is 3.96. The Morgan fingerprint density at radius 3 is 3.05 bits per heavy atom. The van der Waals surface area contributed by atoms with Gasteiger partial charge in [0.05, 0.1) is 23.7 Å². The van der Waals surface area contributed by atoms with E-state index in [9.17, 15) is 9.50 Å². The number of aliphatic hydroxyl groups excluding tert-OH is 1. The third-order valence-corrected chi connectivity index (χ3v) is 4.27. The number of halogens is 2.